The van der Waals surface area contributed by atoms with Crippen LogP contribution in [0.2, 0.25) is 0 Å². The second-order valence-corrected chi connectivity index (χ2v) is 6.97. The Balaban J connectivity index is 2.15. The maximum absolute atomic E-state index is 12.4. The number of hydrogen-bond acceptors (Lipinski definition) is 3. The van der Waals surface area contributed by atoms with Crippen molar-refractivity contribution in [2.75, 3.05) is 17.8 Å². The van der Waals surface area contributed by atoms with Gasteiger partial charge < -0.3 is 4.90 Å². The van der Waals surface area contributed by atoms with Crippen LogP contribution < -0.4 is 4.72 Å². The molecule has 0 heterocycles. The van der Waals surface area contributed by atoms with E-state index in [1.54, 1.807) is 59.5 Å². The second-order valence-electron chi connectivity index (χ2n) is 5.28. The van der Waals surface area contributed by atoms with Crippen LogP contribution in [0.5, 0.6) is 0 Å². The van der Waals surface area contributed by atoms with E-state index in [0.717, 1.165) is 0 Å². The van der Waals surface area contributed by atoms with Crippen molar-refractivity contribution in [3.8, 4) is 0 Å². The van der Waals surface area contributed by atoms with Gasteiger partial charge in [-0.1, -0.05) is 30.4 Å². The smallest absolute Gasteiger partial charge is 0.261 e. The van der Waals surface area contributed by atoms with Gasteiger partial charge in [-0.05, 0) is 36.4 Å². The fourth-order valence-electron chi connectivity index (χ4n) is 2.23. The highest BCUT2D eigenvalue weighted by atomic mass is 32.2. The van der Waals surface area contributed by atoms with Gasteiger partial charge in [-0.25, -0.2) is 8.42 Å². The molecule has 130 valence electrons. The van der Waals surface area contributed by atoms with Gasteiger partial charge in [0.15, 0.2) is 0 Å². The van der Waals surface area contributed by atoms with E-state index in [1.807, 2.05) is 0 Å². The summed E-state index contributed by atoms with van der Waals surface area (Å²) >= 11 is 0. The van der Waals surface area contributed by atoms with Crippen molar-refractivity contribution in [1.29, 1.82) is 0 Å². The Bertz CT molecular complexity index is 834. The summed E-state index contributed by atoms with van der Waals surface area (Å²) in [5.41, 5.74) is 0.853. The van der Waals surface area contributed by atoms with Crippen LogP contribution >= 0.6 is 0 Å². The van der Waals surface area contributed by atoms with E-state index in [4.69, 9.17) is 0 Å². The summed E-state index contributed by atoms with van der Waals surface area (Å²) in [5, 5.41) is 0. The third-order valence-electron chi connectivity index (χ3n) is 3.42. The lowest BCUT2D eigenvalue weighted by molar-refractivity contribution is 0.0791. The molecule has 0 aliphatic carbocycles. The molecule has 0 atom stereocenters. The van der Waals surface area contributed by atoms with Crippen LogP contribution in [0.4, 0.5) is 5.69 Å². The molecular formula is C19H20N2O3S. The van der Waals surface area contributed by atoms with Gasteiger partial charge in [0.1, 0.15) is 0 Å². The Morgan fingerprint density at radius 3 is 2.04 bits per heavy atom. The number of amides is 1. The van der Waals surface area contributed by atoms with Gasteiger partial charge in [0.25, 0.3) is 15.9 Å². The molecule has 1 N–H and O–H groups in total. The normalized spacial score (nSPS) is 10.7. The van der Waals surface area contributed by atoms with Gasteiger partial charge in [-0.2, -0.15) is 0 Å². The van der Waals surface area contributed by atoms with Crippen LogP contribution in [-0.4, -0.2) is 32.3 Å². The average molecular weight is 356 g/mol. The molecule has 2 aromatic carbocycles. The average Bonchev–Trinajstić information content (AvgIpc) is 2.62. The number of benzene rings is 2. The Morgan fingerprint density at radius 1 is 0.960 bits per heavy atom. The summed E-state index contributed by atoms with van der Waals surface area (Å²) in [6.07, 6.45) is 3.29. The zero-order chi connectivity index (χ0) is 18.3. The first-order valence-corrected chi connectivity index (χ1v) is 9.15. The molecule has 5 nitrogen and oxygen atoms in total. The number of carbonyl (C=O) groups excluding carboxylic acids is 1. The highest BCUT2D eigenvalue weighted by Crippen LogP contribution is 2.17. The summed E-state index contributed by atoms with van der Waals surface area (Å²) in [6, 6.07) is 14.4. The number of nitrogens with zero attached hydrogens (tertiary/aromatic N) is 1. The highest BCUT2D eigenvalue weighted by molar-refractivity contribution is 7.92. The van der Waals surface area contributed by atoms with E-state index in [-0.39, 0.29) is 10.8 Å². The maximum Gasteiger partial charge on any atom is 0.261 e. The summed E-state index contributed by atoms with van der Waals surface area (Å²) < 4.78 is 27.1. The van der Waals surface area contributed by atoms with Crippen molar-refractivity contribution in [3.05, 3.63) is 85.5 Å². The molecule has 0 saturated carbocycles. The van der Waals surface area contributed by atoms with Crippen molar-refractivity contribution < 1.29 is 13.2 Å². The molecule has 2 rings (SSSR count). The van der Waals surface area contributed by atoms with Crippen LogP contribution in [0.1, 0.15) is 10.4 Å². The SMILES string of the molecule is C=CCN(CC=C)C(=O)c1ccc(NS(=O)(=O)c2ccccc2)cc1. The molecule has 6 heteroatoms. The van der Waals surface area contributed by atoms with Crippen molar-refractivity contribution in [2.45, 2.75) is 4.90 Å². The number of carbonyl (C=O) groups is 1. The first kappa shape index (κ1) is 18.5. The Morgan fingerprint density at radius 2 is 1.52 bits per heavy atom. The van der Waals surface area contributed by atoms with Gasteiger partial charge in [0.05, 0.1) is 4.90 Å². The highest BCUT2D eigenvalue weighted by Gasteiger charge is 2.15. The molecule has 2 aromatic rings. The fraction of sp³-hybridized carbons (Fsp3) is 0.105. The number of anilines is 1. The molecule has 1 amide bonds. The minimum Gasteiger partial charge on any atom is -0.331 e. The van der Waals surface area contributed by atoms with Gasteiger partial charge in [0.2, 0.25) is 0 Å². The minimum absolute atomic E-state index is 0.169. The van der Waals surface area contributed by atoms with Crippen molar-refractivity contribution in [1.82, 2.24) is 4.90 Å². The number of nitrogens with one attached hydrogen (secondary N) is 1. The monoisotopic (exact) mass is 356 g/mol. The fourth-order valence-corrected chi connectivity index (χ4v) is 3.31. The van der Waals surface area contributed by atoms with E-state index < -0.39 is 10.0 Å². The molecule has 0 aliphatic rings. The largest absolute Gasteiger partial charge is 0.331 e. The molecule has 25 heavy (non-hydrogen) atoms. The molecular weight excluding hydrogens is 336 g/mol. The van der Waals surface area contributed by atoms with E-state index in [2.05, 4.69) is 17.9 Å². The molecule has 0 fully saturated rings. The molecule has 0 unspecified atom stereocenters. The Hall–Kier alpha value is -2.86. The molecule has 0 bridgehead atoms. The minimum atomic E-state index is -3.65. The van der Waals surface area contributed by atoms with Crippen LogP contribution in [0.15, 0.2) is 84.8 Å². The van der Waals surface area contributed by atoms with E-state index in [0.29, 0.717) is 24.3 Å². The quantitative estimate of drug-likeness (QED) is 0.738. The molecule has 0 radical (unpaired) electrons. The van der Waals surface area contributed by atoms with E-state index in [9.17, 15) is 13.2 Å². The number of sulfonamides is 1. The number of rotatable bonds is 8. The van der Waals surface area contributed by atoms with Crippen molar-refractivity contribution in [3.63, 3.8) is 0 Å². The van der Waals surface area contributed by atoms with Crippen molar-refractivity contribution >= 4 is 21.6 Å². The summed E-state index contributed by atoms with van der Waals surface area (Å²) in [7, 11) is -3.65. The standard InChI is InChI=1S/C19H20N2O3S/c1-3-14-21(15-4-2)19(22)16-10-12-17(13-11-16)20-25(23,24)18-8-6-5-7-9-18/h3-13,20H,1-2,14-15H2. The molecule has 0 saturated heterocycles. The summed E-state index contributed by atoms with van der Waals surface area (Å²) in [6.45, 7) is 8.09. The Kier molecular flexibility index (Phi) is 6.14. The summed E-state index contributed by atoms with van der Waals surface area (Å²) in [5.74, 6) is -0.169. The van der Waals surface area contributed by atoms with Gasteiger partial charge in [0, 0.05) is 24.3 Å². The predicted octanol–water partition coefficient (Wildman–Crippen LogP) is 3.30. The summed E-state index contributed by atoms with van der Waals surface area (Å²) in [4.78, 5) is 14.2. The maximum atomic E-state index is 12.4. The van der Waals surface area contributed by atoms with E-state index >= 15 is 0 Å². The third-order valence-corrected chi connectivity index (χ3v) is 4.82. The first-order valence-electron chi connectivity index (χ1n) is 7.67. The predicted molar refractivity (Wildman–Crippen MR) is 100.0 cm³/mol. The third kappa shape index (κ3) is 4.81. The first-order chi connectivity index (χ1) is 12.0. The van der Waals surface area contributed by atoms with Crippen LogP contribution in [0, 0.1) is 0 Å². The van der Waals surface area contributed by atoms with Gasteiger partial charge >= 0.3 is 0 Å². The molecule has 0 aliphatic heterocycles. The zero-order valence-electron chi connectivity index (χ0n) is 13.8. The van der Waals surface area contributed by atoms with Crippen LogP contribution in [0.25, 0.3) is 0 Å². The van der Waals surface area contributed by atoms with E-state index in [1.165, 1.54) is 12.1 Å². The Labute approximate surface area is 148 Å². The second kappa shape index (κ2) is 8.30. The lowest BCUT2D eigenvalue weighted by Crippen LogP contribution is -2.31. The molecule has 0 aromatic heterocycles. The van der Waals surface area contributed by atoms with Crippen LogP contribution in [-0.2, 0) is 10.0 Å². The topological polar surface area (TPSA) is 66.5 Å². The molecule has 0 spiro atoms. The van der Waals surface area contributed by atoms with Crippen LogP contribution in [0.3, 0.4) is 0 Å². The van der Waals surface area contributed by atoms with Crippen molar-refractivity contribution in [2.24, 2.45) is 0 Å². The number of hydrogen-bond donors (Lipinski definition) is 1. The zero-order valence-corrected chi connectivity index (χ0v) is 14.6. The van der Waals surface area contributed by atoms with Gasteiger partial charge in [-0.3, -0.25) is 9.52 Å². The lowest BCUT2D eigenvalue weighted by atomic mass is 10.2. The van der Waals surface area contributed by atoms with Gasteiger partial charge in [-0.15, -0.1) is 13.2 Å². The lowest BCUT2D eigenvalue weighted by Gasteiger charge is -2.19.